The maximum atomic E-state index is 14.3. The Morgan fingerprint density at radius 2 is 1.17 bits per heavy atom. The van der Waals surface area contributed by atoms with Gasteiger partial charge in [-0.25, -0.2) is 8.78 Å². The monoisotopic (exact) mass is 386 g/mol. The van der Waals surface area contributed by atoms with Crippen molar-refractivity contribution in [1.82, 2.24) is 9.97 Å². The van der Waals surface area contributed by atoms with Gasteiger partial charge >= 0.3 is 0 Å². The van der Waals surface area contributed by atoms with E-state index in [0.29, 0.717) is 0 Å². The molecular weight excluding hydrogens is 366 g/mol. The van der Waals surface area contributed by atoms with E-state index in [1.54, 1.807) is 6.07 Å². The van der Waals surface area contributed by atoms with Gasteiger partial charge in [0.1, 0.15) is 0 Å². The van der Waals surface area contributed by atoms with E-state index in [0.717, 1.165) is 49.9 Å². The number of rotatable bonds is 3. The maximum absolute atomic E-state index is 14.3. The minimum absolute atomic E-state index is 0.239. The molecule has 5 rings (SSSR count). The molecule has 0 saturated heterocycles. The summed E-state index contributed by atoms with van der Waals surface area (Å²) in [6, 6.07) is 20.4. The average Bonchev–Trinajstić information content (AvgIpc) is 3.22. The van der Waals surface area contributed by atoms with Crippen molar-refractivity contribution in [3.05, 3.63) is 106 Å². The summed E-state index contributed by atoms with van der Waals surface area (Å²) < 4.78 is 28.0. The van der Waals surface area contributed by atoms with Gasteiger partial charge in [-0.05, 0) is 54.8 Å². The van der Waals surface area contributed by atoms with Crippen LogP contribution in [0.5, 0.6) is 0 Å². The molecular formula is C25H20F2N2. The first kappa shape index (κ1) is 17.7. The van der Waals surface area contributed by atoms with E-state index in [9.17, 15) is 8.78 Å². The van der Waals surface area contributed by atoms with Crippen LogP contribution in [0, 0.1) is 25.5 Å². The van der Waals surface area contributed by atoms with Crippen LogP contribution in [0.1, 0.15) is 34.0 Å². The minimum atomic E-state index is -0.834. The molecule has 0 aliphatic rings. The molecule has 5 aromatic rings. The highest BCUT2D eigenvalue weighted by Crippen LogP contribution is 2.42. The Kier molecular flexibility index (Phi) is 4.02. The van der Waals surface area contributed by atoms with Crippen LogP contribution >= 0.6 is 0 Å². The van der Waals surface area contributed by atoms with Gasteiger partial charge in [-0.15, -0.1) is 0 Å². The van der Waals surface area contributed by atoms with Crippen molar-refractivity contribution in [2.75, 3.05) is 0 Å². The summed E-state index contributed by atoms with van der Waals surface area (Å²) >= 11 is 0. The van der Waals surface area contributed by atoms with E-state index in [2.05, 4.69) is 22.1 Å². The number of hydrogen-bond acceptors (Lipinski definition) is 0. The lowest BCUT2D eigenvalue weighted by Gasteiger charge is -2.20. The van der Waals surface area contributed by atoms with Crippen molar-refractivity contribution >= 4 is 21.8 Å². The smallest absolute Gasteiger partial charge is 0.159 e. The first-order valence-corrected chi connectivity index (χ1v) is 9.64. The largest absolute Gasteiger partial charge is 0.358 e. The van der Waals surface area contributed by atoms with Gasteiger partial charge in [0.15, 0.2) is 11.6 Å². The molecule has 2 aromatic heterocycles. The molecule has 3 aromatic carbocycles. The lowest BCUT2D eigenvalue weighted by Crippen LogP contribution is -2.07. The van der Waals surface area contributed by atoms with Gasteiger partial charge in [-0.2, -0.15) is 0 Å². The number of nitrogens with one attached hydrogen (secondary N) is 2. The Bertz CT molecular complexity index is 1280. The van der Waals surface area contributed by atoms with Gasteiger partial charge in [0, 0.05) is 39.1 Å². The van der Waals surface area contributed by atoms with Crippen molar-refractivity contribution < 1.29 is 8.78 Å². The standard InChI is InChI=1S/C25H20F2N2/c1-14-23(17-7-3-5-9-21(17)28-14)25(16-11-12-19(26)20(27)13-16)24-15(2)29-22-10-6-4-8-18(22)24/h3-13,25,28-29H,1-2H3. The van der Waals surface area contributed by atoms with E-state index in [-0.39, 0.29) is 5.92 Å². The number of H-pyrrole nitrogens is 2. The fourth-order valence-electron chi connectivity index (χ4n) is 4.51. The van der Waals surface area contributed by atoms with E-state index in [4.69, 9.17) is 0 Å². The van der Waals surface area contributed by atoms with Gasteiger partial charge in [0.05, 0.1) is 0 Å². The number of halogens is 2. The van der Waals surface area contributed by atoms with Gasteiger partial charge < -0.3 is 9.97 Å². The molecule has 0 atom stereocenters. The summed E-state index contributed by atoms with van der Waals surface area (Å²) in [6.45, 7) is 4.07. The number of aryl methyl sites for hydroxylation is 2. The van der Waals surface area contributed by atoms with Gasteiger partial charge in [-0.1, -0.05) is 42.5 Å². The predicted octanol–water partition coefficient (Wildman–Crippen LogP) is 6.72. The zero-order chi connectivity index (χ0) is 20.1. The van der Waals surface area contributed by atoms with Crippen molar-refractivity contribution in [3.8, 4) is 0 Å². The van der Waals surface area contributed by atoms with Crippen LogP contribution in [-0.2, 0) is 0 Å². The van der Waals surface area contributed by atoms with E-state index < -0.39 is 11.6 Å². The fraction of sp³-hybridized carbons (Fsp3) is 0.120. The van der Waals surface area contributed by atoms with Crippen LogP contribution in [0.15, 0.2) is 66.7 Å². The Balaban J connectivity index is 1.88. The second-order valence-corrected chi connectivity index (χ2v) is 7.53. The molecule has 144 valence electrons. The van der Waals surface area contributed by atoms with Crippen molar-refractivity contribution in [2.45, 2.75) is 19.8 Å². The molecule has 0 saturated carbocycles. The first-order valence-electron chi connectivity index (χ1n) is 9.64. The van der Waals surface area contributed by atoms with Crippen LogP contribution in [-0.4, -0.2) is 9.97 Å². The zero-order valence-corrected chi connectivity index (χ0v) is 16.2. The van der Waals surface area contributed by atoms with Gasteiger partial charge in [-0.3, -0.25) is 0 Å². The van der Waals surface area contributed by atoms with Crippen LogP contribution in [0.4, 0.5) is 8.78 Å². The highest BCUT2D eigenvalue weighted by Gasteiger charge is 2.27. The molecule has 29 heavy (non-hydrogen) atoms. The van der Waals surface area contributed by atoms with Crippen LogP contribution in [0.3, 0.4) is 0 Å². The second-order valence-electron chi connectivity index (χ2n) is 7.53. The third kappa shape index (κ3) is 2.75. The molecule has 0 spiro atoms. The van der Waals surface area contributed by atoms with Crippen LogP contribution < -0.4 is 0 Å². The minimum Gasteiger partial charge on any atom is -0.358 e. The maximum Gasteiger partial charge on any atom is 0.159 e. The van der Waals surface area contributed by atoms with Crippen molar-refractivity contribution in [2.24, 2.45) is 0 Å². The highest BCUT2D eigenvalue weighted by atomic mass is 19.2. The van der Waals surface area contributed by atoms with Crippen LogP contribution in [0.25, 0.3) is 21.8 Å². The van der Waals surface area contributed by atoms with Crippen LogP contribution in [0.2, 0.25) is 0 Å². The number of fused-ring (bicyclic) bond motifs is 2. The third-order valence-electron chi connectivity index (χ3n) is 5.74. The summed E-state index contributed by atoms with van der Waals surface area (Å²) in [7, 11) is 0. The molecule has 4 heteroatoms. The normalized spacial score (nSPS) is 11.8. The van der Waals surface area contributed by atoms with Crippen molar-refractivity contribution in [1.29, 1.82) is 0 Å². The Morgan fingerprint density at radius 3 is 1.69 bits per heavy atom. The van der Waals surface area contributed by atoms with Crippen molar-refractivity contribution in [3.63, 3.8) is 0 Å². The molecule has 0 bridgehead atoms. The summed E-state index contributed by atoms with van der Waals surface area (Å²) in [5.74, 6) is -1.90. The SMILES string of the molecule is Cc1[nH]c2ccccc2c1C(c1ccc(F)c(F)c1)c1c(C)[nH]c2ccccc12. The lowest BCUT2D eigenvalue weighted by atomic mass is 9.82. The lowest BCUT2D eigenvalue weighted by molar-refractivity contribution is 0.507. The zero-order valence-electron chi connectivity index (χ0n) is 16.2. The molecule has 0 unspecified atom stereocenters. The molecule has 0 fully saturated rings. The topological polar surface area (TPSA) is 31.6 Å². The Morgan fingerprint density at radius 1 is 0.655 bits per heavy atom. The molecule has 2 heterocycles. The fourth-order valence-corrected chi connectivity index (χ4v) is 4.51. The molecule has 2 N–H and O–H groups in total. The summed E-state index contributed by atoms with van der Waals surface area (Å²) in [5, 5.41) is 2.17. The summed E-state index contributed by atoms with van der Waals surface area (Å²) in [6.07, 6.45) is 0. The number of benzene rings is 3. The number of hydrogen-bond donors (Lipinski definition) is 2. The van der Waals surface area contributed by atoms with E-state index >= 15 is 0 Å². The number of aromatic nitrogens is 2. The summed E-state index contributed by atoms with van der Waals surface area (Å²) in [4.78, 5) is 6.91. The Labute approximate surface area is 167 Å². The van der Waals surface area contributed by atoms with E-state index in [1.807, 2.05) is 50.2 Å². The van der Waals surface area contributed by atoms with Gasteiger partial charge in [0.2, 0.25) is 0 Å². The third-order valence-corrected chi connectivity index (χ3v) is 5.74. The average molecular weight is 386 g/mol. The second kappa shape index (κ2) is 6.59. The Hall–Kier alpha value is -3.40. The van der Waals surface area contributed by atoms with Gasteiger partial charge in [0.25, 0.3) is 0 Å². The molecule has 0 aliphatic heterocycles. The number of aromatic amines is 2. The highest BCUT2D eigenvalue weighted by molar-refractivity contribution is 5.90. The quantitative estimate of drug-likeness (QED) is 0.345. The number of para-hydroxylation sites is 2. The molecule has 0 radical (unpaired) electrons. The predicted molar refractivity (Wildman–Crippen MR) is 113 cm³/mol. The first-order chi connectivity index (χ1) is 14.0. The summed E-state index contributed by atoms with van der Waals surface area (Å²) in [5.41, 5.74) is 7.00. The van der Waals surface area contributed by atoms with E-state index in [1.165, 1.54) is 12.1 Å². The molecule has 2 nitrogen and oxygen atoms in total. The molecule has 0 amide bonds. The molecule has 0 aliphatic carbocycles.